The Morgan fingerprint density at radius 1 is 0.815 bits per heavy atom. The molecule has 5 heteroatoms. The highest BCUT2D eigenvalue weighted by Crippen LogP contribution is 2.45. The van der Waals surface area contributed by atoms with E-state index in [1.54, 1.807) is 12.1 Å². The zero-order valence-corrected chi connectivity index (χ0v) is 18.2. The zero-order valence-electron chi connectivity index (χ0n) is 17.3. The smallest absolute Gasteiger partial charge is 0.404 e. The summed E-state index contributed by atoms with van der Waals surface area (Å²) in [5.41, 5.74) is 0.903. The van der Waals surface area contributed by atoms with Crippen molar-refractivity contribution in [2.24, 2.45) is 0 Å². The molecule has 0 aliphatic carbocycles. The second-order valence-electron chi connectivity index (χ2n) is 7.24. The summed E-state index contributed by atoms with van der Waals surface area (Å²) in [4.78, 5) is 9.88. The summed E-state index contributed by atoms with van der Waals surface area (Å²) in [5.74, 6) is 0.431. The van der Waals surface area contributed by atoms with E-state index in [1.807, 2.05) is 19.1 Å². The van der Waals surface area contributed by atoms with Crippen LogP contribution in [-0.4, -0.2) is 11.5 Å². The number of rotatable bonds is 17. The van der Waals surface area contributed by atoms with Crippen LogP contribution in [0.5, 0.6) is 5.75 Å². The first kappa shape index (κ1) is 24.2. The maximum absolute atomic E-state index is 12.1. The number of phosphoric ester groups is 1. The molecule has 0 aromatic heterocycles. The van der Waals surface area contributed by atoms with Gasteiger partial charge in [0.15, 0.2) is 0 Å². The highest BCUT2D eigenvalue weighted by atomic mass is 31.2. The highest BCUT2D eigenvalue weighted by Gasteiger charge is 2.23. The number of para-hydroxylation sites is 1. The largest absolute Gasteiger partial charge is 0.527 e. The van der Waals surface area contributed by atoms with Crippen LogP contribution in [-0.2, 0) is 15.5 Å². The van der Waals surface area contributed by atoms with Crippen molar-refractivity contribution >= 4 is 7.82 Å². The van der Waals surface area contributed by atoms with E-state index < -0.39 is 7.82 Å². The van der Waals surface area contributed by atoms with Crippen LogP contribution >= 0.6 is 7.82 Å². The third kappa shape index (κ3) is 12.3. The van der Waals surface area contributed by atoms with Crippen LogP contribution in [0.2, 0.25) is 0 Å². The highest BCUT2D eigenvalue weighted by molar-refractivity contribution is 7.47. The molecule has 1 aromatic carbocycles. The molecular formula is C22H39O4P. The molecule has 1 atom stereocenters. The molecule has 0 amide bonds. The molecule has 0 spiro atoms. The van der Waals surface area contributed by atoms with Gasteiger partial charge in [0.25, 0.3) is 0 Å². The normalized spacial score (nSPS) is 13.4. The maximum atomic E-state index is 12.1. The van der Waals surface area contributed by atoms with Crippen molar-refractivity contribution in [3.8, 4) is 5.75 Å². The predicted octanol–water partition coefficient (Wildman–Crippen LogP) is 7.45. The minimum atomic E-state index is -4.04. The third-order valence-corrected chi connectivity index (χ3v) is 5.76. The Hall–Kier alpha value is -0.830. The van der Waals surface area contributed by atoms with Gasteiger partial charge in [0.2, 0.25) is 0 Å². The number of phosphoric acid groups is 1. The van der Waals surface area contributed by atoms with Crippen molar-refractivity contribution in [1.29, 1.82) is 0 Å². The first-order valence-electron chi connectivity index (χ1n) is 10.8. The minimum absolute atomic E-state index is 0.263. The molecule has 156 valence electrons. The van der Waals surface area contributed by atoms with E-state index in [9.17, 15) is 9.46 Å². The summed E-state index contributed by atoms with van der Waals surface area (Å²) < 4.78 is 22.4. The number of hydrogen-bond donors (Lipinski definition) is 1. The summed E-state index contributed by atoms with van der Waals surface area (Å²) in [6, 6.07) is 7.27. The summed E-state index contributed by atoms with van der Waals surface area (Å²) in [7, 11) is -4.04. The predicted molar refractivity (Wildman–Crippen MR) is 113 cm³/mol. The number of aryl methyl sites for hydroxylation is 1. The summed E-state index contributed by atoms with van der Waals surface area (Å²) in [6.07, 6.45) is 15.8. The van der Waals surface area contributed by atoms with Gasteiger partial charge in [-0.15, -0.1) is 0 Å². The monoisotopic (exact) mass is 398 g/mol. The lowest BCUT2D eigenvalue weighted by atomic mass is 10.1. The van der Waals surface area contributed by atoms with E-state index >= 15 is 0 Å². The molecule has 0 aliphatic heterocycles. The fourth-order valence-electron chi connectivity index (χ4n) is 3.16. The van der Waals surface area contributed by atoms with Gasteiger partial charge in [0.05, 0.1) is 6.61 Å². The Balaban J connectivity index is 2.01. The first-order valence-corrected chi connectivity index (χ1v) is 12.3. The quantitative estimate of drug-likeness (QED) is 0.219. The van der Waals surface area contributed by atoms with Crippen LogP contribution in [0.1, 0.15) is 96.5 Å². The molecule has 0 saturated carbocycles. The fraction of sp³-hybridized carbons (Fsp3) is 0.727. The Morgan fingerprint density at radius 2 is 1.33 bits per heavy atom. The zero-order chi connectivity index (χ0) is 19.8. The molecule has 1 aromatic rings. The molecule has 0 aliphatic rings. The van der Waals surface area contributed by atoms with Gasteiger partial charge in [-0.3, -0.25) is 9.42 Å². The molecule has 1 N–H and O–H groups in total. The standard InChI is InChI=1S/C22H39O4P/c1-3-5-6-7-8-9-10-11-12-13-14-17-20-25-27(23,24)26-22-19-16-15-18-21(22)4-2/h15-16,18-19H,3-14,17,20H2,1-2H3,(H,23,24). The van der Waals surface area contributed by atoms with Gasteiger partial charge in [0, 0.05) is 0 Å². The van der Waals surface area contributed by atoms with Gasteiger partial charge in [-0.2, -0.15) is 0 Å². The molecule has 0 heterocycles. The van der Waals surface area contributed by atoms with Gasteiger partial charge in [-0.1, -0.05) is 103 Å². The lowest BCUT2D eigenvalue weighted by Crippen LogP contribution is -2.01. The van der Waals surface area contributed by atoms with Crippen molar-refractivity contribution in [2.45, 2.75) is 97.3 Å². The van der Waals surface area contributed by atoms with Crippen LogP contribution < -0.4 is 4.52 Å². The Labute approximate surface area is 166 Å². The van der Waals surface area contributed by atoms with E-state index in [1.165, 1.54) is 57.8 Å². The first-order chi connectivity index (χ1) is 13.1. The van der Waals surface area contributed by atoms with Crippen molar-refractivity contribution < 1.29 is 18.5 Å². The molecule has 1 rings (SSSR count). The topological polar surface area (TPSA) is 55.8 Å². The van der Waals surface area contributed by atoms with Crippen LogP contribution in [0, 0.1) is 0 Å². The van der Waals surface area contributed by atoms with Crippen molar-refractivity contribution in [1.82, 2.24) is 0 Å². The second-order valence-corrected chi connectivity index (χ2v) is 8.62. The van der Waals surface area contributed by atoms with Gasteiger partial charge >= 0.3 is 7.82 Å². The van der Waals surface area contributed by atoms with E-state index in [0.29, 0.717) is 5.75 Å². The van der Waals surface area contributed by atoms with Gasteiger partial charge in [0.1, 0.15) is 5.75 Å². The van der Waals surface area contributed by atoms with Crippen LogP contribution in [0.15, 0.2) is 24.3 Å². The Bertz CT molecular complexity index is 533. The van der Waals surface area contributed by atoms with Gasteiger partial charge in [-0.25, -0.2) is 4.57 Å². The molecule has 1 unspecified atom stereocenters. The SMILES string of the molecule is CCCCCCCCCCCCCCOP(=O)(O)Oc1ccccc1CC. The molecule has 4 nitrogen and oxygen atoms in total. The lowest BCUT2D eigenvalue weighted by Gasteiger charge is -2.15. The van der Waals surface area contributed by atoms with E-state index in [0.717, 1.165) is 31.2 Å². The van der Waals surface area contributed by atoms with Crippen LogP contribution in [0.25, 0.3) is 0 Å². The molecule has 0 radical (unpaired) electrons. The van der Waals surface area contributed by atoms with Gasteiger partial charge < -0.3 is 4.52 Å². The van der Waals surface area contributed by atoms with Gasteiger partial charge in [-0.05, 0) is 24.5 Å². The number of unbranched alkanes of at least 4 members (excludes halogenated alkanes) is 11. The molecular weight excluding hydrogens is 359 g/mol. The Kier molecular flexibility index (Phi) is 13.6. The second kappa shape index (κ2) is 15.1. The van der Waals surface area contributed by atoms with E-state index in [2.05, 4.69) is 6.92 Å². The average molecular weight is 399 g/mol. The summed E-state index contributed by atoms with van der Waals surface area (Å²) >= 11 is 0. The van der Waals surface area contributed by atoms with Crippen LogP contribution in [0.3, 0.4) is 0 Å². The number of benzene rings is 1. The van der Waals surface area contributed by atoms with Crippen molar-refractivity contribution in [2.75, 3.05) is 6.61 Å². The Morgan fingerprint density at radius 3 is 1.89 bits per heavy atom. The van der Waals surface area contributed by atoms with Crippen molar-refractivity contribution in [3.05, 3.63) is 29.8 Å². The van der Waals surface area contributed by atoms with E-state index in [-0.39, 0.29) is 6.61 Å². The molecule has 27 heavy (non-hydrogen) atoms. The van der Waals surface area contributed by atoms with Crippen molar-refractivity contribution in [3.63, 3.8) is 0 Å². The number of hydrogen-bond acceptors (Lipinski definition) is 3. The molecule has 0 saturated heterocycles. The summed E-state index contributed by atoms with van der Waals surface area (Å²) in [6.45, 7) is 4.50. The minimum Gasteiger partial charge on any atom is -0.404 e. The average Bonchev–Trinajstić information content (AvgIpc) is 2.65. The third-order valence-electron chi connectivity index (χ3n) is 4.82. The maximum Gasteiger partial charge on any atom is 0.527 e. The lowest BCUT2D eigenvalue weighted by molar-refractivity contribution is 0.199. The fourth-order valence-corrected chi connectivity index (χ4v) is 4.00. The molecule has 0 fully saturated rings. The molecule has 0 bridgehead atoms. The van der Waals surface area contributed by atoms with Crippen LogP contribution in [0.4, 0.5) is 0 Å². The van der Waals surface area contributed by atoms with E-state index in [4.69, 9.17) is 9.05 Å². The summed E-state index contributed by atoms with van der Waals surface area (Å²) in [5, 5.41) is 0.